The quantitative estimate of drug-likeness (QED) is 0.194. The number of fused-ring (bicyclic) bond motifs is 6. The largest absolute Gasteiger partial charge is 0.310 e. The van der Waals surface area contributed by atoms with Crippen molar-refractivity contribution in [2.24, 2.45) is 0 Å². The molecule has 1 heteroatoms. The lowest BCUT2D eigenvalue weighted by atomic mass is 9.93. The van der Waals surface area contributed by atoms with Gasteiger partial charge >= 0.3 is 0 Å². The highest BCUT2D eigenvalue weighted by molar-refractivity contribution is 6.25. The number of rotatable bonds is 5. The second-order valence-corrected chi connectivity index (χ2v) is 11.0. The van der Waals surface area contributed by atoms with Crippen LogP contribution >= 0.6 is 0 Å². The fourth-order valence-electron chi connectivity index (χ4n) is 6.45. The fourth-order valence-corrected chi connectivity index (χ4v) is 6.45. The molecule has 0 bridgehead atoms. The number of para-hydroxylation sites is 1. The lowest BCUT2D eigenvalue weighted by Crippen LogP contribution is -2.11. The van der Waals surface area contributed by atoms with Crippen molar-refractivity contribution in [3.8, 4) is 22.3 Å². The van der Waals surface area contributed by atoms with E-state index in [0.717, 1.165) is 17.1 Å². The first-order chi connectivity index (χ1) is 21.3. The third kappa shape index (κ3) is 4.43. The topological polar surface area (TPSA) is 3.24 Å². The predicted molar refractivity (Wildman–Crippen MR) is 185 cm³/mol. The molecule has 8 rings (SSSR count). The molecule has 0 N–H and O–H groups in total. The summed E-state index contributed by atoms with van der Waals surface area (Å²) in [5.41, 5.74) is 8.17. The average Bonchev–Trinajstić information content (AvgIpc) is 3.10. The van der Waals surface area contributed by atoms with Gasteiger partial charge in [-0.2, -0.15) is 0 Å². The van der Waals surface area contributed by atoms with Crippen LogP contribution in [0.1, 0.15) is 0 Å². The van der Waals surface area contributed by atoms with E-state index in [2.05, 4.69) is 181 Å². The van der Waals surface area contributed by atoms with E-state index >= 15 is 0 Å². The number of nitrogens with zero attached hydrogens (tertiary/aromatic N) is 1. The van der Waals surface area contributed by atoms with Crippen LogP contribution in [-0.2, 0) is 0 Å². The van der Waals surface area contributed by atoms with Crippen molar-refractivity contribution in [2.75, 3.05) is 4.90 Å². The highest BCUT2D eigenvalue weighted by Gasteiger charge is 2.19. The molecule has 8 aromatic rings. The Hall–Kier alpha value is -5.66. The lowest BCUT2D eigenvalue weighted by Gasteiger charge is -2.29. The van der Waals surface area contributed by atoms with Crippen LogP contribution in [0.5, 0.6) is 0 Å². The van der Waals surface area contributed by atoms with Gasteiger partial charge in [-0.15, -0.1) is 0 Å². The van der Waals surface area contributed by atoms with E-state index in [1.54, 1.807) is 0 Å². The summed E-state index contributed by atoms with van der Waals surface area (Å²) in [5, 5.41) is 7.66. The third-order valence-corrected chi connectivity index (χ3v) is 8.43. The van der Waals surface area contributed by atoms with Crippen molar-refractivity contribution in [3.05, 3.63) is 176 Å². The molecule has 0 radical (unpaired) electrons. The van der Waals surface area contributed by atoms with Gasteiger partial charge in [0.2, 0.25) is 0 Å². The van der Waals surface area contributed by atoms with Gasteiger partial charge in [0, 0.05) is 16.9 Å². The Kier molecular flexibility index (Phi) is 6.20. The van der Waals surface area contributed by atoms with Crippen molar-refractivity contribution < 1.29 is 0 Å². The van der Waals surface area contributed by atoms with E-state index in [9.17, 15) is 0 Å². The van der Waals surface area contributed by atoms with Crippen molar-refractivity contribution in [3.63, 3.8) is 0 Å². The summed E-state index contributed by atoms with van der Waals surface area (Å²) in [4.78, 5) is 2.41. The zero-order chi connectivity index (χ0) is 28.6. The Morgan fingerprint density at radius 3 is 1.44 bits per heavy atom. The molecule has 0 spiro atoms. The van der Waals surface area contributed by atoms with E-state index in [4.69, 9.17) is 0 Å². The van der Waals surface area contributed by atoms with Gasteiger partial charge in [-0.1, -0.05) is 146 Å². The number of hydrogen-bond donors (Lipinski definition) is 0. The highest BCUT2D eigenvalue weighted by atomic mass is 15.1. The molecular weight excluding hydrogens is 518 g/mol. The molecule has 0 aliphatic carbocycles. The van der Waals surface area contributed by atoms with E-state index < -0.39 is 0 Å². The first-order valence-corrected chi connectivity index (χ1v) is 14.8. The zero-order valence-electron chi connectivity index (χ0n) is 23.7. The molecule has 0 amide bonds. The van der Waals surface area contributed by atoms with Gasteiger partial charge in [0.05, 0.1) is 5.69 Å². The average molecular weight is 548 g/mol. The molecule has 0 unspecified atom stereocenters. The molecule has 0 saturated heterocycles. The van der Waals surface area contributed by atoms with Gasteiger partial charge in [0.1, 0.15) is 0 Å². The monoisotopic (exact) mass is 547 g/mol. The number of hydrogen-bond acceptors (Lipinski definition) is 1. The normalized spacial score (nSPS) is 11.3. The molecule has 0 saturated carbocycles. The van der Waals surface area contributed by atoms with Crippen molar-refractivity contribution in [1.29, 1.82) is 0 Å². The Labute approximate surface area is 251 Å². The van der Waals surface area contributed by atoms with E-state index in [1.165, 1.54) is 54.6 Å². The predicted octanol–water partition coefficient (Wildman–Crippen LogP) is 11.9. The smallest absolute Gasteiger partial charge is 0.0540 e. The van der Waals surface area contributed by atoms with Crippen LogP contribution in [-0.4, -0.2) is 0 Å². The lowest BCUT2D eigenvalue weighted by molar-refractivity contribution is 1.29. The van der Waals surface area contributed by atoms with E-state index in [-0.39, 0.29) is 0 Å². The summed E-state index contributed by atoms with van der Waals surface area (Å²) in [7, 11) is 0. The molecule has 1 nitrogen and oxygen atoms in total. The molecular formula is C42H29N. The van der Waals surface area contributed by atoms with Crippen LogP contribution in [0.15, 0.2) is 176 Å². The maximum Gasteiger partial charge on any atom is 0.0540 e. The van der Waals surface area contributed by atoms with Gasteiger partial charge in [-0.05, 0) is 79.3 Å². The third-order valence-electron chi connectivity index (χ3n) is 8.43. The minimum Gasteiger partial charge on any atom is -0.310 e. The molecule has 0 aromatic heterocycles. The first kappa shape index (κ1) is 25.1. The van der Waals surface area contributed by atoms with E-state index in [1.807, 2.05) is 0 Å². The van der Waals surface area contributed by atoms with E-state index in [0.29, 0.717) is 0 Å². The Morgan fingerprint density at radius 1 is 0.279 bits per heavy atom. The molecule has 0 fully saturated rings. The Balaban J connectivity index is 1.42. The standard InChI is InChI=1S/C42H29N/c1-3-14-30(15-4-1)32-18-13-19-33(28-32)43(42-25-12-11-20-35(42)31-16-5-2-6-17-31)34-26-27-40-38-23-8-7-21-36(38)37-22-9-10-24-39(37)41(40)29-34/h1-29H. The summed E-state index contributed by atoms with van der Waals surface area (Å²) in [5.74, 6) is 0. The second kappa shape index (κ2) is 10.6. The van der Waals surface area contributed by atoms with Gasteiger partial charge < -0.3 is 4.90 Å². The van der Waals surface area contributed by atoms with Crippen LogP contribution in [0.2, 0.25) is 0 Å². The molecule has 0 aliphatic rings. The maximum atomic E-state index is 2.41. The highest BCUT2D eigenvalue weighted by Crippen LogP contribution is 2.44. The van der Waals surface area contributed by atoms with Crippen LogP contribution in [0.3, 0.4) is 0 Å². The molecule has 0 heterocycles. The van der Waals surface area contributed by atoms with Crippen LogP contribution in [0.25, 0.3) is 54.6 Å². The summed E-state index contributed by atoms with van der Waals surface area (Å²) < 4.78 is 0. The van der Waals surface area contributed by atoms with Gasteiger partial charge in [-0.25, -0.2) is 0 Å². The first-order valence-electron chi connectivity index (χ1n) is 14.8. The fraction of sp³-hybridized carbons (Fsp3) is 0. The molecule has 0 aliphatic heterocycles. The van der Waals surface area contributed by atoms with Gasteiger partial charge in [-0.3, -0.25) is 0 Å². The summed E-state index contributed by atoms with van der Waals surface area (Å²) in [6.07, 6.45) is 0. The Morgan fingerprint density at radius 2 is 0.767 bits per heavy atom. The second-order valence-electron chi connectivity index (χ2n) is 11.0. The van der Waals surface area contributed by atoms with Gasteiger partial charge in [0.25, 0.3) is 0 Å². The summed E-state index contributed by atoms with van der Waals surface area (Å²) >= 11 is 0. The van der Waals surface area contributed by atoms with Crippen LogP contribution in [0.4, 0.5) is 17.1 Å². The molecule has 202 valence electrons. The Bertz CT molecular complexity index is 2200. The summed E-state index contributed by atoms with van der Waals surface area (Å²) in [6, 6.07) is 63.4. The van der Waals surface area contributed by atoms with Crippen molar-refractivity contribution in [1.82, 2.24) is 0 Å². The number of anilines is 3. The number of benzene rings is 8. The summed E-state index contributed by atoms with van der Waals surface area (Å²) in [6.45, 7) is 0. The van der Waals surface area contributed by atoms with Crippen LogP contribution < -0.4 is 4.90 Å². The molecule has 43 heavy (non-hydrogen) atoms. The minimum absolute atomic E-state index is 1.12. The maximum absolute atomic E-state index is 2.41. The van der Waals surface area contributed by atoms with Crippen molar-refractivity contribution >= 4 is 49.4 Å². The van der Waals surface area contributed by atoms with Gasteiger partial charge in [0.15, 0.2) is 0 Å². The molecule has 0 atom stereocenters. The van der Waals surface area contributed by atoms with Crippen LogP contribution in [0, 0.1) is 0 Å². The molecule has 8 aromatic carbocycles. The minimum atomic E-state index is 1.12. The van der Waals surface area contributed by atoms with Crippen molar-refractivity contribution in [2.45, 2.75) is 0 Å². The SMILES string of the molecule is c1ccc(-c2cccc(N(c3ccc4c5ccccc5c5ccccc5c4c3)c3ccccc3-c3ccccc3)c2)cc1. The zero-order valence-corrected chi connectivity index (χ0v) is 23.7.